The van der Waals surface area contributed by atoms with E-state index in [1.807, 2.05) is 12.1 Å². The van der Waals surface area contributed by atoms with Gasteiger partial charge in [-0.1, -0.05) is 45.8 Å². The molecule has 0 saturated carbocycles. The van der Waals surface area contributed by atoms with Gasteiger partial charge in [0.2, 0.25) is 0 Å². The molecular weight excluding hydrogens is 312 g/mol. The highest BCUT2D eigenvalue weighted by Gasteiger charge is 2.07. The lowest BCUT2D eigenvalue weighted by Gasteiger charge is -2.24. The lowest BCUT2D eigenvalue weighted by atomic mass is 10.1. The van der Waals surface area contributed by atoms with Crippen molar-refractivity contribution in [2.75, 3.05) is 11.4 Å². The number of nitrogens with zero attached hydrogens (tertiary/aromatic N) is 2. The molecule has 0 spiro atoms. The Balaban J connectivity index is 2.17. The first-order chi connectivity index (χ1) is 9.69. The summed E-state index contributed by atoms with van der Waals surface area (Å²) in [7, 11) is 0. The Labute approximate surface area is 128 Å². The molecule has 0 aliphatic carbocycles. The second kappa shape index (κ2) is 7.12. The summed E-state index contributed by atoms with van der Waals surface area (Å²) in [4.78, 5) is 2.24. The van der Waals surface area contributed by atoms with Crippen LogP contribution in [0.1, 0.15) is 17.5 Å². The zero-order valence-electron chi connectivity index (χ0n) is 11.5. The van der Waals surface area contributed by atoms with Gasteiger partial charge in [0.15, 0.2) is 0 Å². The summed E-state index contributed by atoms with van der Waals surface area (Å²) in [5, 5.41) is 8.83. The molecule has 0 bridgehead atoms. The van der Waals surface area contributed by atoms with Crippen LogP contribution in [-0.4, -0.2) is 6.54 Å². The predicted octanol–water partition coefficient (Wildman–Crippen LogP) is 4.68. The minimum absolute atomic E-state index is 0.532. The number of halogens is 1. The first-order valence-corrected chi connectivity index (χ1v) is 7.41. The van der Waals surface area contributed by atoms with Gasteiger partial charge in [-0.25, -0.2) is 0 Å². The Hall–Kier alpha value is -1.79. The van der Waals surface area contributed by atoms with Crippen LogP contribution in [0.4, 0.5) is 5.69 Å². The van der Waals surface area contributed by atoms with E-state index in [1.165, 1.54) is 11.1 Å². The molecule has 20 heavy (non-hydrogen) atoms. The summed E-state index contributed by atoms with van der Waals surface area (Å²) < 4.78 is 1.08. The van der Waals surface area contributed by atoms with E-state index in [9.17, 15) is 0 Å². The van der Waals surface area contributed by atoms with Crippen LogP contribution in [0.3, 0.4) is 0 Å². The van der Waals surface area contributed by atoms with Crippen molar-refractivity contribution in [2.24, 2.45) is 0 Å². The number of hydrogen-bond donors (Lipinski definition) is 0. The maximum absolute atomic E-state index is 8.83. The SMILES string of the molecule is Cc1ccc(N(CCC#N)Cc2ccc(Br)cc2)cc1. The van der Waals surface area contributed by atoms with E-state index in [4.69, 9.17) is 5.26 Å². The molecule has 2 aromatic rings. The monoisotopic (exact) mass is 328 g/mol. The van der Waals surface area contributed by atoms with Crippen LogP contribution in [-0.2, 0) is 6.54 Å². The summed E-state index contributed by atoms with van der Waals surface area (Å²) in [6.45, 7) is 3.64. The molecule has 102 valence electrons. The number of aryl methyl sites for hydroxylation is 1. The molecule has 2 rings (SSSR count). The molecule has 0 amide bonds. The van der Waals surface area contributed by atoms with E-state index in [0.717, 1.165) is 23.2 Å². The highest BCUT2D eigenvalue weighted by Crippen LogP contribution is 2.19. The Morgan fingerprint density at radius 3 is 2.30 bits per heavy atom. The number of anilines is 1. The number of hydrogen-bond acceptors (Lipinski definition) is 2. The Kier molecular flexibility index (Phi) is 5.20. The summed E-state index contributed by atoms with van der Waals surface area (Å²) in [5.41, 5.74) is 3.65. The molecule has 0 aliphatic heterocycles. The van der Waals surface area contributed by atoms with Crippen molar-refractivity contribution in [2.45, 2.75) is 19.9 Å². The van der Waals surface area contributed by atoms with Gasteiger partial charge in [-0.2, -0.15) is 5.26 Å². The molecule has 0 aromatic heterocycles. The molecule has 0 fully saturated rings. The first kappa shape index (κ1) is 14.6. The van der Waals surface area contributed by atoms with E-state index >= 15 is 0 Å². The summed E-state index contributed by atoms with van der Waals surface area (Å²) in [5.74, 6) is 0. The van der Waals surface area contributed by atoms with Gasteiger partial charge in [-0.15, -0.1) is 0 Å². The van der Waals surface area contributed by atoms with Crippen LogP contribution < -0.4 is 4.90 Å². The van der Waals surface area contributed by atoms with E-state index < -0.39 is 0 Å². The normalized spacial score (nSPS) is 10.1. The van der Waals surface area contributed by atoms with Crippen molar-refractivity contribution in [3.8, 4) is 6.07 Å². The molecule has 0 atom stereocenters. The highest BCUT2D eigenvalue weighted by atomic mass is 79.9. The van der Waals surface area contributed by atoms with Gasteiger partial charge in [0.1, 0.15) is 0 Å². The number of nitriles is 1. The third-order valence-corrected chi connectivity index (χ3v) is 3.71. The molecule has 0 unspecified atom stereocenters. The van der Waals surface area contributed by atoms with Crippen LogP contribution in [0.25, 0.3) is 0 Å². The fourth-order valence-corrected chi connectivity index (χ4v) is 2.31. The molecule has 3 heteroatoms. The number of benzene rings is 2. The summed E-state index contributed by atoms with van der Waals surface area (Å²) in [6, 6.07) is 19.0. The van der Waals surface area contributed by atoms with Crippen molar-refractivity contribution in [3.63, 3.8) is 0 Å². The molecule has 2 nitrogen and oxygen atoms in total. The van der Waals surface area contributed by atoms with Gasteiger partial charge in [0.05, 0.1) is 12.5 Å². The zero-order chi connectivity index (χ0) is 14.4. The molecule has 2 aromatic carbocycles. The highest BCUT2D eigenvalue weighted by molar-refractivity contribution is 9.10. The Morgan fingerprint density at radius 2 is 1.70 bits per heavy atom. The van der Waals surface area contributed by atoms with Crippen LogP contribution in [0.2, 0.25) is 0 Å². The van der Waals surface area contributed by atoms with Gasteiger partial charge in [-0.05, 0) is 36.8 Å². The second-order valence-electron chi connectivity index (χ2n) is 4.79. The van der Waals surface area contributed by atoms with Crippen molar-refractivity contribution < 1.29 is 0 Å². The minimum Gasteiger partial charge on any atom is -0.366 e. The summed E-state index contributed by atoms with van der Waals surface area (Å²) in [6.07, 6.45) is 0.532. The smallest absolute Gasteiger partial charge is 0.0640 e. The van der Waals surface area contributed by atoms with Crippen molar-refractivity contribution in [1.29, 1.82) is 5.26 Å². The van der Waals surface area contributed by atoms with Crippen molar-refractivity contribution in [3.05, 3.63) is 64.1 Å². The molecule has 0 saturated heterocycles. The van der Waals surface area contributed by atoms with Crippen LogP contribution in [0.5, 0.6) is 0 Å². The fourth-order valence-electron chi connectivity index (χ4n) is 2.05. The van der Waals surface area contributed by atoms with Crippen LogP contribution in [0, 0.1) is 18.3 Å². The van der Waals surface area contributed by atoms with E-state index in [2.05, 4.69) is 70.2 Å². The lowest BCUT2D eigenvalue weighted by molar-refractivity contribution is 0.798. The van der Waals surface area contributed by atoms with Gasteiger partial charge < -0.3 is 4.90 Å². The fraction of sp³-hybridized carbons (Fsp3) is 0.235. The average molecular weight is 329 g/mol. The van der Waals surface area contributed by atoms with Gasteiger partial charge >= 0.3 is 0 Å². The largest absolute Gasteiger partial charge is 0.366 e. The molecule has 0 aliphatic rings. The third kappa shape index (κ3) is 4.11. The standard InChI is InChI=1S/C17H17BrN2/c1-14-3-9-17(10-4-14)20(12-2-11-19)13-15-5-7-16(18)8-6-15/h3-10H,2,12-13H2,1H3. The predicted molar refractivity (Wildman–Crippen MR) is 86.6 cm³/mol. The van der Waals surface area contributed by atoms with Crippen LogP contribution >= 0.6 is 15.9 Å². The maximum atomic E-state index is 8.83. The maximum Gasteiger partial charge on any atom is 0.0640 e. The molecular formula is C17H17BrN2. The Bertz CT molecular complexity index is 582. The van der Waals surface area contributed by atoms with Crippen molar-refractivity contribution in [1.82, 2.24) is 0 Å². The Morgan fingerprint density at radius 1 is 1.05 bits per heavy atom. The molecule has 0 N–H and O–H groups in total. The topological polar surface area (TPSA) is 27.0 Å². The third-order valence-electron chi connectivity index (χ3n) is 3.18. The van der Waals surface area contributed by atoms with Crippen LogP contribution in [0.15, 0.2) is 53.0 Å². The minimum atomic E-state index is 0.532. The molecule has 0 radical (unpaired) electrons. The van der Waals surface area contributed by atoms with Gasteiger partial charge in [-0.3, -0.25) is 0 Å². The first-order valence-electron chi connectivity index (χ1n) is 6.62. The van der Waals surface area contributed by atoms with E-state index in [0.29, 0.717) is 6.42 Å². The van der Waals surface area contributed by atoms with Gasteiger partial charge in [0, 0.05) is 23.2 Å². The number of rotatable bonds is 5. The molecule has 0 heterocycles. The van der Waals surface area contributed by atoms with Crippen molar-refractivity contribution >= 4 is 21.6 Å². The quantitative estimate of drug-likeness (QED) is 0.796. The average Bonchev–Trinajstić information content (AvgIpc) is 2.46. The van der Waals surface area contributed by atoms with E-state index in [1.54, 1.807) is 0 Å². The lowest BCUT2D eigenvalue weighted by Crippen LogP contribution is -2.23. The zero-order valence-corrected chi connectivity index (χ0v) is 13.1. The van der Waals surface area contributed by atoms with Gasteiger partial charge in [0.25, 0.3) is 0 Å². The summed E-state index contributed by atoms with van der Waals surface area (Å²) >= 11 is 3.45. The second-order valence-corrected chi connectivity index (χ2v) is 5.71. The van der Waals surface area contributed by atoms with E-state index in [-0.39, 0.29) is 0 Å².